The van der Waals surface area contributed by atoms with Crippen LogP contribution < -0.4 is 16.2 Å². The van der Waals surface area contributed by atoms with E-state index in [9.17, 15) is 8.42 Å². The molecule has 1 heterocycles. The molecule has 0 amide bonds. The third-order valence-corrected chi connectivity index (χ3v) is 3.89. The number of primary sulfonamides is 1. The number of aromatic nitrogens is 1. The van der Waals surface area contributed by atoms with Gasteiger partial charge in [0, 0.05) is 11.1 Å². The van der Waals surface area contributed by atoms with Crippen LogP contribution in [0.15, 0.2) is 34.0 Å². The summed E-state index contributed by atoms with van der Waals surface area (Å²) in [4.78, 5) is 4.05. The molecule has 0 atom stereocenters. The van der Waals surface area contributed by atoms with Gasteiger partial charge in [-0.2, -0.15) is 0 Å². The Bertz CT molecular complexity index is 638. The van der Waals surface area contributed by atoms with Crippen molar-refractivity contribution in [3.05, 3.63) is 34.8 Å². The first kappa shape index (κ1) is 12.8. The van der Waals surface area contributed by atoms with E-state index in [2.05, 4.69) is 10.3 Å². The standard InChI is InChI=1S/C10H12N4O2S2/c11-9-3-7(1-2-10(9)18(12,15)16)13-4-8-5-17-6-14-8/h1-3,5-6,13H,4,11H2,(H2,12,15,16). The molecule has 2 rings (SSSR count). The van der Waals surface area contributed by atoms with E-state index in [1.165, 1.54) is 23.5 Å². The van der Waals surface area contributed by atoms with Crippen LogP contribution in [0.1, 0.15) is 5.69 Å². The quantitative estimate of drug-likeness (QED) is 0.725. The van der Waals surface area contributed by atoms with E-state index >= 15 is 0 Å². The topological polar surface area (TPSA) is 111 Å². The molecule has 0 fully saturated rings. The smallest absolute Gasteiger partial charge is 0.240 e. The van der Waals surface area contributed by atoms with Crippen LogP contribution in [0.5, 0.6) is 0 Å². The number of hydrogen-bond donors (Lipinski definition) is 3. The van der Waals surface area contributed by atoms with Crippen LogP contribution in [-0.2, 0) is 16.6 Å². The Morgan fingerprint density at radius 2 is 2.17 bits per heavy atom. The number of nitrogen functional groups attached to an aromatic ring is 1. The molecule has 0 spiro atoms. The van der Waals surface area contributed by atoms with Gasteiger partial charge in [-0.3, -0.25) is 0 Å². The Morgan fingerprint density at radius 3 is 2.72 bits per heavy atom. The van der Waals surface area contributed by atoms with Gasteiger partial charge in [0.1, 0.15) is 4.90 Å². The minimum Gasteiger partial charge on any atom is -0.398 e. The van der Waals surface area contributed by atoms with Crippen molar-refractivity contribution in [1.29, 1.82) is 0 Å². The Morgan fingerprint density at radius 1 is 1.39 bits per heavy atom. The number of anilines is 2. The zero-order valence-corrected chi connectivity index (χ0v) is 11.0. The molecule has 0 aliphatic heterocycles. The summed E-state index contributed by atoms with van der Waals surface area (Å²) in [6.07, 6.45) is 0. The molecule has 0 bridgehead atoms. The van der Waals surface area contributed by atoms with Crippen molar-refractivity contribution in [3.8, 4) is 0 Å². The van der Waals surface area contributed by atoms with Crippen LogP contribution in [0.3, 0.4) is 0 Å². The van der Waals surface area contributed by atoms with Crippen LogP contribution in [0, 0.1) is 0 Å². The van der Waals surface area contributed by atoms with Crippen LogP contribution in [0.2, 0.25) is 0 Å². The van der Waals surface area contributed by atoms with Crippen molar-refractivity contribution in [2.24, 2.45) is 5.14 Å². The molecule has 5 N–H and O–H groups in total. The molecule has 0 radical (unpaired) electrons. The third-order valence-electron chi connectivity index (χ3n) is 2.27. The number of nitrogens with two attached hydrogens (primary N) is 2. The third kappa shape index (κ3) is 2.97. The van der Waals surface area contributed by atoms with Crippen LogP contribution in [0.4, 0.5) is 11.4 Å². The normalized spacial score (nSPS) is 11.4. The van der Waals surface area contributed by atoms with Gasteiger partial charge in [0.05, 0.1) is 23.4 Å². The number of sulfonamides is 1. The van der Waals surface area contributed by atoms with E-state index in [-0.39, 0.29) is 10.6 Å². The van der Waals surface area contributed by atoms with E-state index < -0.39 is 10.0 Å². The molecular weight excluding hydrogens is 272 g/mol. The van der Waals surface area contributed by atoms with Gasteiger partial charge >= 0.3 is 0 Å². The number of thiazole rings is 1. The minimum atomic E-state index is -3.77. The maximum Gasteiger partial charge on any atom is 0.240 e. The van der Waals surface area contributed by atoms with Crippen molar-refractivity contribution >= 4 is 32.7 Å². The summed E-state index contributed by atoms with van der Waals surface area (Å²) in [5.41, 5.74) is 9.14. The number of nitrogens with one attached hydrogen (secondary N) is 1. The first-order valence-corrected chi connectivity index (χ1v) is 7.49. The lowest BCUT2D eigenvalue weighted by Gasteiger charge is -2.08. The summed E-state index contributed by atoms with van der Waals surface area (Å²) in [6, 6.07) is 4.53. The molecule has 8 heteroatoms. The molecule has 96 valence electrons. The molecule has 0 aliphatic carbocycles. The highest BCUT2D eigenvalue weighted by atomic mass is 32.2. The molecule has 1 aromatic heterocycles. The largest absolute Gasteiger partial charge is 0.398 e. The lowest BCUT2D eigenvalue weighted by atomic mass is 10.3. The van der Waals surface area contributed by atoms with E-state index in [4.69, 9.17) is 10.9 Å². The number of hydrogen-bond acceptors (Lipinski definition) is 6. The Balaban J connectivity index is 2.14. The fourth-order valence-corrected chi connectivity index (χ4v) is 2.64. The highest BCUT2D eigenvalue weighted by Crippen LogP contribution is 2.21. The number of rotatable bonds is 4. The summed E-state index contributed by atoms with van der Waals surface area (Å²) in [6.45, 7) is 0.553. The van der Waals surface area contributed by atoms with Gasteiger partial charge in [0.15, 0.2) is 0 Å². The monoisotopic (exact) mass is 284 g/mol. The van der Waals surface area contributed by atoms with E-state index in [0.717, 1.165) is 5.69 Å². The maximum atomic E-state index is 11.2. The van der Waals surface area contributed by atoms with Crippen molar-refractivity contribution in [3.63, 3.8) is 0 Å². The predicted molar refractivity (Wildman–Crippen MR) is 71.7 cm³/mol. The van der Waals surface area contributed by atoms with Crippen molar-refractivity contribution in [1.82, 2.24) is 4.98 Å². The lowest BCUT2D eigenvalue weighted by Crippen LogP contribution is -2.14. The SMILES string of the molecule is Nc1cc(NCc2cscn2)ccc1S(N)(=O)=O. The van der Waals surface area contributed by atoms with Crippen molar-refractivity contribution < 1.29 is 8.42 Å². The zero-order chi connectivity index (χ0) is 13.2. The first-order chi connectivity index (χ1) is 8.47. The molecule has 6 nitrogen and oxygen atoms in total. The summed E-state index contributed by atoms with van der Waals surface area (Å²) in [7, 11) is -3.77. The van der Waals surface area contributed by atoms with Gasteiger partial charge in [-0.15, -0.1) is 11.3 Å². The highest BCUT2D eigenvalue weighted by Gasteiger charge is 2.12. The van der Waals surface area contributed by atoms with Crippen LogP contribution in [-0.4, -0.2) is 13.4 Å². The molecule has 0 saturated heterocycles. The van der Waals surface area contributed by atoms with Gasteiger partial charge in [-0.1, -0.05) is 0 Å². The predicted octanol–water partition coefficient (Wildman–Crippen LogP) is 0.985. The van der Waals surface area contributed by atoms with Crippen LogP contribution in [0.25, 0.3) is 0 Å². The second-order valence-corrected chi connectivity index (χ2v) is 5.88. The molecule has 0 aliphatic rings. The summed E-state index contributed by atoms with van der Waals surface area (Å²) >= 11 is 1.51. The molecule has 0 saturated carbocycles. The number of benzene rings is 1. The first-order valence-electron chi connectivity index (χ1n) is 5.00. The number of nitrogens with zero attached hydrogens (tertiary/aromatic N) is 1. The van der Waals surface area contributed by atoms with Gasteiger partial charge in [0.2, 0.25) is 10.0 Å². The average molecular weight is 284 g/mol. The van der Waals surface area contributed by atoms with Crippen molar-refractivity contribution in [2.45, 2.75) is 11.4 Å². The second kappa shape index (κ2) is 4.92. The molecular formula is C10H12N4O2S2. The Hall–Kier alpha value is -1.64. The average Bonchev–Trinajstić information content (AvgIpc) is 2.77. The maximum absolute atomic E-state index is 11.2. The fraction of sp³-hybridized carbons (Fsp3) is 0.100. The Kier molecular flexibility index (Phi) is 3.50. The minimum absolute atomic E-state index is 0.0679. The fourth-order valence-electron chi connectivity index (χ4n) is 1.43. The molecule has 18 heavy (non-hydrogen) atoms. The summed E-state index contributed by atoms with van der Waals surface area (Å²) in [5.74, 6) is 0. The summed E-state index contributed by atoms with van der Waals surface area (Å²) < 4.78 is 22.4. The molecule has 0 unspecified atom stereocenters. The lowest BCUT2D eigenvalue weighted by molar-refractivity contribution is 0.598. The van der Waals surface area contributed by atoms with Gasteiger partial charge in [-0.05, 0) is 18.2 Å². The van der Waals surface area contributed by atoms with E-state index in [1.807, 2.05) is 5.38 Å². The van der Waals surface area contributed by atoms with Crippen molar-refractivity contribution in [2.75, 3.05) is 11.1 Å². The Labute approximate surface area is 109 Å². The zero-order valence-electron chi connectivity index (χ0n) is 9.33. The van der Waals surface area contributed by atoms with E-state index in [0.29, 0.717) is 12.2 Å². The van der Waals surface area contributed by atoms with Gasteiger partial charge < -0.3 is 11.1 Å². The van der Waals surface area contributed by atoms with E-state index in [1.54, 1.807) is 11.6 Å². The summed E-state index contributed by atoms with van der Waals surface area (Å²) in [5, 5.41) is 10.0. The van der Waals surface area contributed by atoms with Crippen LogP contribution >= 0.6 is 11.3 Å². The molecule has 2 aromatic rings. The van der Waals surface area contributed by atoms with Gasteiger partial charge in [-0.25, -0.2) is 18.5 Å². The van der Waals surface area contributed by atoms with Gasteiger partial charge in [0.25, 0.3) is 0 Å². The second-order valence-electron chi connectivity index (χ2n) is 3.63. The highest BCUT2D eigenvalue weighted by molar-refractivity contribution is 7.89. The molecule has 1 aromatic carbocycles.